The summed E-state index contributed by atoms with van der Waals surface area (Å²) in [6, 6.07) is 13.0. The first-order valence-corrected chi connectivity index (χ1v) is 9.84. The second-order valence-electron chi connectivity index (χ2n) is 8.55. The first-order valence-electron chi connectivity index (χ1n) is 9.84. The van der Waals surface area contributed by atoms with Crippen LogP contribution in [-0.4, -0.2) is 23.7 Å². The molecule has 0 saturated heterocycles. The lowest BCUT2D eigenvalue weighted by Crippen LogP contribution is -2.51. The lowest BCUT2D eigenvalue weighted by atomic mass is 9.70. The smallest absolute Gasteiger partial charge is 0.334 e. The van der Waals surface area contributed by atoms with Gasteiger partial charge in [0.25, 0.3) is 5.91 Å². The van der Waals surface area contributed by atoms with E-state index in [-0.39, 0.29) is 11.2 Å². The molecule has 2 aliphatic rings. The van der Waals surface area contributed by atoms with Crippen LogP contribution < -0.4 is 5.32 Å². The first kappa shape index (κ1) is 20.0. The number of carbonyl (C=O) groups is 3. The summed E-state index contributed by atoms with van der Waals surface area (Å²) in [5, 5.41) is 2.73. The fourth-order valence-corrected chi connectivity index (χ4v) is 4.19. The molecule has 0 radical (unpaired) electrons. The van der Waals surface area contributed by atoms with Crippen LogP contribution in [0.4, 0.5) is 4.39 Å². The molecule has 4 rings (SSSR count). The monoisotopic (exact) mass is 407 g/mol. The zero-order chi connectivity index (χ0) is 21.5. The van der Waals surface area contributed by atoms with E-state index in [0.29, 0.717) is 35.3 Å². The topological polar surface area (TPSA) is 72.5 Å². The van der Waals surface area contributed by atoms with E-state index < -0.39 is 29.7 Å². The van der Waals surface area contributed by atoms with E-state index >= 15 is 0 Å². The second-order valence-corrected chi connectivity index (χ2v) is 8.55. The average Bonchev–Trinajstić information content (AvgIpc) is 2.69. The van der Waals surface area contributed by atoms with Crippen molar-refractivity contribution >= 4 is 17.7 Å². The number of halogens is 1. The molecule has 154 valence electrons. The number of nitrogens with one attached hydrogen (secondary N) is 1. The molecule has 2 aromatic rings. The number of amides is 1. The van der Waals surface area contributed by atoms with Crippen molar-refractivity contribution in [3.63, 3.8) is 0 Å². The van der Waals surface area contributed by atoms with Crippen LogP contribution in [0.25, 0.3) is 0 Å². The van der Waals surface area contributed by atoms with Crippen LogP contribution in [0.3, 0.4) is 0 Å². The third-order valence-corrected chi connectivity index (χ3v) is 5.55. The third-order valence-electron chi connectivity index (χ3n) is 5.55. The van der Waals surface area contributed by atoms with Crippen molar-refractivity contribution in [1.82, 2.24) is 5.32 Å². The Morgan fingerprint density at radius 1 is 1.03 bits per heavy atom. The van der Waals surface area contributed by atoms with Crippen LogP contribution in [0.15, 0.2) is 65.9 Å². The maximum absolute atomic E-state index is 13.5. The number of hydrogen-bond acceptors (Lipinski definition) is 4. The summed E-state index contributed by atoms with van der Waals surface area (Å²) in [5.41, 5.74) is 1.02. The van der Waals surface area contributed by atoms with Gasteiger partial charge in [-0.3, -0.25) is 9.59 Å². The Labute approximate surface area is 173 Å². The Hall–Kier alpha value is -3.28. The van der Waals surface area contributed by atoms with Gasteiger partial charge in [0, 0.05) is 29.9 Å². The SMILES string of the molecule is CC1(C)CC(=O)C2=C(C1)OC(=O)[C@H](NC(=O)c1ccccc1)[C@@H]2c1ccc(F)cc1. The molecule has 0 saturated carbocycles. The van der Waals surface area contributed by atoms with Crippen LogP contribution >= 0.6 is 0 Å². The Morgan fingerprint density at radius 3 is 2.37 bits per heavy atom. The van der Waals surface area contributed by atoms with E-state index in [2.05, 4.69) is 5.32 Å². The molecule has 1 amide bonds. The summed E-state index contributed by atoms with van der Waals surface area (Å²) in [5.74, 6) is -2.01. The lowest BCUT2D eigenvalue weighted by molar-refractivity contribution is -0.145. The van der Waals surface area contributed by atoms with Gasteiger partial charge in [-0.15, -0.1) is 0 Å². The molecule has 30 heavy (non-hydrogen) atoms. The van der Waals surface area contributed by atoms with Crippen LogP contribution in [0.2, 0.25) is 0 Å². The average molecular weight is 407 g/mol. The minimum atomic E-state index is -1.09. The molecular formula is C24H22FNO4. The van der Waals surface area contributed by atoms with Crippen molar-refractivity contribution < 1.29 is 23.5 Å². The van der Waals surface area contributed by atoms with Crippen molar-refractivity contribution in [3.05, 3.63) is 82.9 Å². The summed E-state index contributed by atoms with van der Waals surface area (Å²) < 4.78 is 19.1. The van der Waals surface area contributed by atoms with E-state index in [1.807, 2.05) is 13.8 Å². The zero-order valence-corrected chi connectivity index (χ0v) is 16.8. The van der Waals surface area contributed by atoms with Gasteiger partial charge >= 0.3 is 5.97 Å². The number of allylic oxidation sites excluding steroid dienone is 1. The molecule has 6 heteroatoms. The summed E-state index contributed by atoms with van der Waals surface area (Å²) >= 11 is 0. The fraction of sp³-hybridized carbons (Fsp3) is 0.292. The molecule has 5 nitrogen and oxygen atoms in total. The van der Waals surface area contributed by atoms with Gasteiger partial charge in [-0.05, 0) is 35.2 Å². The number of esters is 1. The first-order chi connectivity index (χ1) is 14.2. The van der Waals surface area contributed by atoms with E-state index in [4.69, 9.17) is 4.74 Å². The van der Waals surface area contributed by atoms with Crippen molar-refractivity contribution in [2.24, 2.45) is 5.41 Å². The standard InChI is InChI=1S/C24H22FNO4/c1-24(2)12-17(27)20-18(13-24)30-23(29)21(19(20)14-8-10-16(25)11-9-14)26-22(28)15-6-4-3-5-7-15/h3-11,19,21H,12-13H2,1-2H3,(H,26,28)/t19-,21-/m1/s1. The maximum atomic E-state index is 13.5. The van der Waals surface area contributed by atoms with E-state index in [9.17, 15) is 18.8 Å². The molecule has 1 heterocycles. The highest BCUT2D eigenvalue weighted by atomic mass is 19.1. The summed E-state index contributed by atoms with van der Waals surface area (Å²) in [6.07, 6.45) is 0.747. The van der Waals surface area contributed by atoms with Crippen molar-refractivity contribution in [1.29, 1.82) is 0 Å². The summed E-state index contributed by atoms with van der Waals surface area (Å²) in [7, 11) is 0. The largest absolute Gasteiger partial charge is 0.429 e. The highest BCUT2D eigenvalue weighted by Crippen LogP contribution is 2.46. The molecule has 2 aromatic carbocycles. The predicted molar refractivity (Wildman–Crippen MR) is 108 cm³/mol. The van der Waals surface area contributed by atoms with Crippen molar-refractivity contribution in [3.8, 4) is 0 Å². The third kappa shape index (κ3) is 3.77. The van der Waals surface area contributed by atoms with Gasteiger partial charge < -0.3 is 10.1 Å². The fourth-order valence-electron chi connectivity index (χ4n) is 4.19. The Kier molecular flexibility index (Phi) is 5.02. The number of hydrogen-bond donors (Lipinski definition) is 1. The van der Waals surface area contributed by atoms with Crippen molar-refractivity contribution in [2.45, 2.75) is 38.6 Å². The van der Waals surface area contributed by atoms with Crippen LogP contribution in [0.5, 0.6) is 0 Å². The van der Waals surface area contributed by atoms with E-state index in [1.54, 1.807) is 30.3 Å². The normalized spacial score (nSPS) is 22.9. The molecule has 0 bridgehead atoms. The number of benzene rings is 2. The lowest BCUT2D eigenvalue weighted by Gasteiger charge is -2.40. The Bertz CT molecular complexity index is 1040. The molecule has 2 atom stereocenters. The van der Waals surface area contributed by atoms with Gasteiger partial charge in [0.15, 0.2) is 5.78 Å². The van der Waals surface area contributed by atoms with Gasteiger partial charge in [-0.2, -0.15) is 0 Å². The van der Waals surface area contributed by atoms with Gasteiger partial charge in [-0.25, -0.2) is 9.18 Å². The van der Waals surface area contributed by atoms with Gasteiger partial charge in [-0.1, -0.05) is 44.2 Å². The molecule has 0 fully saturated rings. The number of Topliss-reactive ketones (excluding diaryl/α,β-unsaturated/α-hetero) is 1. The number of ketones is 1. The molecule has 0 spiro atoms. The molecule has 1 aliphatic heterocycles. The van der Waals surface area contributed by atoms with E-state index in [0.717, 1.165) is 0 Å². The number of carbonyl (C=O) groups excluding carboxylic acids is 3. The van der Waals surface area contributed by atoms with Gasteiger partial charge in [0.1, 0.15) is 17.6 Å². The van der Waals surface area contributed by atoms with E-state index in [1.165, 1.54) is 24.3 Å². The maximum Gasteiger partial charge on any atom is 0.334 e. The molecule has 0 aromatic heterocycles. The summed E-state index contributed by atoms with van der Waals surface area (Å²) in [6.45, 7) is 3.89. The highest BCUT2D eigenvalue weighted by molar-refractivity contribution is 6.03. The summed E-state index contributed by atoms with van der Waals surface area (Å²) in [4.78, 5) is 38.7. The molecule has 1 aliphatic carbocycles. The predicted octanol–water partition coefficient (Wildman–Crippen LogP) is 3.91. The van der Waals surface area contributed by atoms with Crippen LogP contribution in [0, 0.1) is 11.2 Å². The van der Waals surface area contributed by atoms with Crippen molar-refractivity contribution in [2.75, 3.05) is 0 Å². The van der Waals surface area contributed by atoms with Gasteiger partial charge in [0.05, 0.1) is 0 Å². The number of rotatable bonds is 3. The highest BCUT2D eigenvalue weighted by Gasteiger charge is 2.47. The Balaban J connectivity index is 1.78. The Morgan fingerprint density at radius 2 is 1.70 bits per heavy atom. The minimum Gasteiger partial charge on any atom is -0.429 e. The van der Waals surface area contributed by atoms with Crippen LogP contribution in [-0.2, 0) is 14.3 Å². The minimum absolute atomic E-state index is 0.123. The second kappa shape index (κ2) is 7.52. The molecule has 0 unspecified atom stereocenters. The number of ether oxygens (including phenoxy) is 1. The molecule has 1 N–H and O–H groups in total. The van der Waals surface area contributed by atoms with Crippen LogP contribution in [0.1, 0.15) is 48.5 Å². The van der Waals surface area contributed by atoms with Gasteiger partial charge in [0.2, 0.25) is 0 Å². The molecular weight excluding hydrogens is 385 g/mol. The zero-order valence-electron chi connectivity index (χ0n) is 16.8. The quantitative estimate of drug-likeness (QED) is 0.783.